The second-order valence-electron chi connectivity index (χ2n) is 3.93. The Hall–Kier alpha value is -0.900. The van der Waals surface area contributed by atoms with Crippen LogP contribution >= 0.6 is 0 Å². The molecule has 1 aliphatic heterocycles. The van der Waals surface area contributed by atoms with Gasteiger partial charge in [0.2, 0.25) is 0 Å². The number of ether oxygens (including phenoxy) is 1. The molecule has 0 unspecified atom stereocenters. The highest BCUT2D eigenvalue weighted by Gasteiger charge is 2.14. The number of hydrogen-bond donors (Lipinski definition) is 1. The monoisotopic (exact) mass is 206 g/mol. The third-order valence-corrected chi connectivity index (χ3v) is 2.79. The first-order chi connectivity index (χ1) is 7.36. The van der Waals surface area contributed by atoms with Gasteiger partial charge in [0.05, 0.1) is 13.2 Å². The van der Waals surface area contributed by atoms with Crippen molar-refractivity contribution in [2.75, 3.05) is 32.8 Å². The lowest BCUT2D eigenvalue weighted by Crippen LogP contribution is -2.40. The molecule has 1 aromatic rings. The Balaban J connectivity index is 1.88. The van der Waals surface area contributed by atoms with Crippen LogP contribution in [0.15, 0.2) is 30.3 Å². The fourth-order valence-corrected chi connectivity index (χ4v) is 1.87. The Morgan fingerprint density at radius 2 is 1.87 bits per heavy atom. The van der Waals surface area contributed by atoms with E-state index in [9.17, 15) is 0 Å². The minimum Gasteiger partial charge on any atom is -0.379 e. The molecule has 1 fully saturated rings. The lowest BCUT2D eigenvalue weighted by molar-refractivity contribution is 0.0352. The molecule has 0 amide bonds. The molecule has 82 valence electrons. The average Bonchev–Trinajstić information content (AvgIpc) is 2.31. The zero-order valence-electron chi connectivity index (χ0n) is 8.93. The van der Waals surface area contributed by atoms with Crippen molar-refractivity contribution in [2.45, 2.75) is 6.04 Å². The number of nitrogens with zero attached hydrogens (tertiary/aromatic N) is 1. The molecule has 0 radical (unpaired) electrons. The van der Waals surface area contributed by atoms with Crippen LogP contribution in [0.1, 0.15) is 11.6 Å². The highest BCUT2D eigenvalue weighted by Crippen LogP contribution is 2.11. The van der Waals surface area contributed by atoms with Crippen molar-refractivity contribution >= 4 is 0 Å². The van der Waals surface area contributed by atoms with E-state index in [2.05, 4.69) is 17.0 Å². The van der Waals surface area contributed by atoms with Crippen molar-refractivity contribution in [3.8, 4) is 0 Å². The number of morpholine rings is 1. The van der Waals surface area contributed by atoms with Crippen molar-refractivity contribution < 1.29 is 4.74 Å². The summed E-state index contributed by atoms with van der Waals surface area (Å²) in [6.45, 7) is 4.59. The van der Waals surface area contributed by atoms with Crippen LogP contribution in [0.3, 0.4) is 0 Å². The van der Waals surface area contributed by atoms with E-state index in [0.717, 1.165) is 32.8 Å². The second-order valence-corrected chi connectivity index (χ2v) is 3.93. The minimum atomic E-state index is 0.115. The SMILES string of the molecule is N[C@@H](CN1CCOCC1)c1ccccc1. The lowest BCUT2D eigenvalue weighted by atomic mass is 10.1. The molecular weight excluding hydrogens is 188 g/mol. The van der Waals surface area contributed by atoms with Crippen LogP contribution in [0, 0.1) is 0 Å². The number of benzene rings is 1. The number of nitrogens with two attached hydrogens (primary N) is 1. The molecule has 0 bridgehead atoms. The van der Waals surface area contributed by atoms with Gasteiger partial charge < -0.3 is 10.5 Å². The molecule has 1 heterocycles. The van der Waals surface area contributed by atoms with Gasteiger partial charge in [0.15, 0.2) is 0 Å². The standard InChI is InChI=1S/C12H18N2O/c13-12(11-4-2-1-3-5-11)10-14-6-8-15-9-7-14/h1-5,12H,6-10,13H2/t12-/m0/s1. The lowest BCUT2D eigenvalue weighted by Gasteiger charge is -2.29. The summed E-state index contributed by atoms with van der Waals surface area (Å²) in [5.74, 6) is 0. The summed E-state index contributed by atoms with van der Waals surface area (Å²) in [4.78, 5) is 2.36. The maximum atomic E-state index is 6.14. The Morgan fingerprint density at radius 3 is 2.53 bits per heavy atom. The van der Waals surface area contributed by atoms with Crippen LogP contribution in [0.25, 0.3) is 0 Å². The van der Waals surface area contributed by atoms with Crippen LogP contribution in [-0.4, -0.2) is 37.7 Å². The van der Waals surface area contributed by atoms with Crippen LogP contribution in [0.2, 0.25) is 0 Å². The van der Waals surface area contributed by atoms with E-state index < -0.39 is 0 Å². The van der Waals surface area contributed by atoms with Crippen molar-refractivity contribution in [3.63, 3.8) is 0 Å². The van der Waals surface area contributed by atoms with E-state index in [-0.39, 0.29) is 6.04 Å². The first-order valence-electron chi connectivity index (χ1n) is 5.47. The summed E-state index contributed by atoms with van der Waals surface area (Å²) in [6.07, 6.45) is 0. The fourth-order valence-electron chi connectivity index (χ4n) is 1.87. The molecule has 1 saturated heterocycles. The maximum Gasteiger partial charge on any atom is 0.0594 e. The van der Waals surface area contributed by atoms with Gasteiger partial charge in [0.1, 0.15) is 0 Å². The summed E-state index contributed by atoms with van der Waals surface area (Å²) in [7, 11) is 0. The summed E-state index contributed by atoms with van der Waals surface area (Å²) >= 11 is 0. The smallest absolute Gasteiger partial charge is 0.0594 e. The Kier molecular flexibility index (Phi) is 3.72. The van der Waals surface area contributed by atoms with E-state index in [4.69, 9.17) is 10.5 Å². The van der Waals surface area contributed by atoms with Crippen LogP contribution < -0.4 is 5.73 Å². The van der Waals surface area contributed by atoms with E-state index >= 15 is 0 Å². The van der Waals surface area contributed by atoms with Gasteiger partial charge in [-0.05, 0) is 5.56 Å². The van der Waals surface area contributed by atoms with Gasteiger partial charge in [-0.25, -0.2) is 0 Å². The first kappa shape index (κ1) is 10.6. The fraction of sp³-hybridized carbons (Fsp3) is 0.500. The van der Waals surface area contributed by atoms with Gasteiger partial charge in [0, 0.05) is 25.7 Å². The molecule has 0 spiro atoms. The van der Waals surface area contributed by atoms with Crippen LogP contribution in [-0.2, 0) is 4.74 Å². The highest BCUT2D eigenvalue weighted by molar-refractivity contribution is 5.18. The molecule has 1 aliphatic rings. The Bertz CT molecular complexity index is 283. The van der Waals surface area contributed by atoms with Crippen molar-refractivity contribution in [2.24, 2.45) is 5.73 Å². The number of hydrogen-bond acceptors (Lipinski definition) is 3. The van der Waals surface area contributed by atoms with Crippen molar-refractivity contribution in [3.05, 3.63) is 35.9 Å². The van der Waals surface area contributed by atoms with Crippen LogP contribution in [0.5, 0.6) is 0 Å². The third-order valence-electron chi connectivity index (χ3n) is 2.79. The maximum absolute atomic E-state index is 6.14. The number of rotatable bonds is 3. The zero-order chi connectivity index (χ0) is 10.5. The summed E-state index contributed by atoms with van der Waals surface area (Å²) in [5, 5.41) is 0. The summed E-state index contributed by atoms with van der Waals surface area (Å²) in [6, 6.07) is 10.4. The molecule has 15 heavy (non-hydrogen) atoms. The molecular formula is C12H18N2O. The van der Waals surface area contributed by atoms with Gasteiger partial charge in [0.25, 0.3) is 0 Å². The highest BCUT2D eigenvalue weighted by atomic mass is 16.5. The largest absolute Gasteiger partial charge is 0.379 e. The van der Waals surface area contributed by atoms with E-state index in [0.29, 0.717) is 0 Å². The minimum absolute atomic E-state index is 0.115. The molecule has 2 N–H and O–H groups in total. The van der Waals surface area contributed by atoms with Gasteiger partial charge in [-0.2, -0.15) is 0 Å². The van der Waals surface area contributed by atoms with Crippen LogP contribution in [0.4, 0.5) is 0 Å². The molecule has 0 saturated carbocycles. The van der Waals surface area contributed by atoms with E-state index in [1.165, 1.54) is 5.56 Å². The van der Waals surface area contributed by atoms with Gasteiger partial charge >= 0.3 is 0 Å². The molecule has 3 heteroatoms. The van der Waals surface area contributed by atoms with Gasteiger partial charge in [-0.1, -0.05) is 30.3 Å². The van der Waals surface area contributed by atoms with E-state index in [1.807, 2.05) is 18.2 Å². The second kappa shape index (κ2) is 5.26. The Morgan fingerprint density at radius 1 is 1.20 bits per heavy atom. The molecule has 1 atom stereocenters. The average molecular weight is 206 g/mol. The zero-order valence-corrected chi connectivity index (χ0v) is 8.93. The van der Waals surface area contributed by atoms with Crippen molar-refractivity contribution in [1.29, 1.82) is 0 Å². The Labute approximate surface area is 90.8 Å². The summed E-state index contributed by atoms with van der Waals surface area (Å²) in [5.41, 5.74) is 7.36. The van der Waals surface area contributed by atoms with Gasteiger partial charge in [-0.15, -0.1) is 0 Å². The molecule has 3 nitrogen and oxygen atoms in total. The quantitative estimate of drug-likeness (QED) is 0.802. The first-order valence-corrected chi connectivity index (χ1v) is 5.47. The predicted octanol–water partition coefficient (Wildman–Crippen LogP) is 1.02. The predicted molar refractivity (Wildman–Crippen MR) is 60.6 cm³/mol. The summed E-state index contributed by atoms with van der Waals surface area (Å²) < 4.78 is 5.30. The van der Waals surface area contributed by atoms with E-state index in [1.54, 1.807) is 0 Å². The topological polar surface area (TPSA) is 38.5 Å². The normalized spacial score (nSPS) is 20.1. The van der Waals surface area contributed by atoms with Crippen molar-refractivity contribution in [1.82, 2.24) is 4.90 Å². The molecule has 0 aromatic heterocycles. The van der Waals surface area contributed by atoms with Gasteiger partial charge in [-0.3, -0.25) is 4.90 Å². The third kappa shape index (κ3) is 3.02. The molecule has 2 rings (SSSR count). The molecule has 0 aliphatic carbocycles. The molecule has 1 aromatic carbocycles.